The van der Waals surface area contributed by atoms with Crippen LogP contribution in [0.25, 0.3) is 0 Å². The summed E-state index contributed by atoms with van der Waals surface area (Å²) in [4.78, 5) is 12.0. The Kier molecular flexibility index (Phi) is 4.62. The molecule has 0 heterocycles. The molecule has 98 valence electrons. The Bertz CT molecular complexity index is 588. The fourth-order valence-electron chi connectivity index (χ4n) is 1.90. The van der Waals surface area contributed by atoms with E-state index in [0.717, 1.165) is 16.7 Å². The lowest BCUT2D eigenvalue weighted by Gasteiger charge is -2.05. The summed E-state index contributed by atoms with van der Waals surface area (Å²) in [6.45, 7) is 1.98. The Morgan fingerprint density at radius 2 is 1.68 bits per heavy atom. The molecule has 0 saturated heterocycles. The molecular formula is C16H14Cl2O. The largest absolute Gasteiger partial charge is 0.299 e. The van der Waals surface area contributed by atoms with Gasteiger partial charge in [0.05, 0.1) is 0 Å². The molecule has 0 bridgehead atoms. The Hall–Kier alpha value is -1.31. The van der Waals surface area contributed by atoms with Crippen molar-refractivity contribution >= 4 is 29.0 Å². The molecule has 0 aliphatic rings. The zero-order valence-electron chi connectivity index (χ0n) is 10.6. The maximum atomic E-state index is 12.0. The van der Waals surface area contributed by atoms with Crippen molar-refractivity contribution in [1.82, 2.24) is 0 Å². The van der Waals surface area contributed by atoms with E-state index < -0.39 is 0 Å². The maximum absolute atomic E-state index is 12.0. The number of rotatable bonds is 4. The zero-order chi connectivity index (χ0) is 13.8. The average Bonchev–Trinajstić information content (AvgIpc) is 2.36. The molecule has 0 amide bonds. The fraction of sp³-hybridized carbons (Fsp3) is 0.188. The second-order valence-corrected chi connectivity index (χ2v) is 5.46. The predicted molar refractivity (Wildman–Crippen MR) is 80.1 cm³/mol. The minimum atomic E-state index is 0.146. The summed E-state index contributed by atoms with van der Waals surface area (Å²) in [5.41, 5.74) is 2.95. The van der Waals surface area contributed by atoms with Gasteiger partial charge in [0.15, 0.2) is 0 Å². The number of halogens is 2. The van der Waals surface area contributed by atoms with Crippen molar-refractivity contribution in [1.29, 1.82) is 0 Å². The monoisotopic (exact) mass is 292 g/mol. The van der Waals surface area contributed by atoms with Gasteiger partial charge in [-0.3, -0.25) is 4.79 Å². The van der Waals surface area contributed by atoms with Gasteiger partial charge in [0, 0.05) is 22.9 Å². The van der Waals surface area contributed by atoms with Crippen LogP contribution in [0.4, 0.5) is 0 Å². The zero-order valence-corrected chi connectivity index (χ0v) is 12.1. The first kappa shape index (κ1) is 14.1. The first-order chi connectivity index (χ1) is 9.04. The van der Waals surface area contributed by atoms with Gasteiger partial charge in [-0.15, -0.1) is 0 Å². The molecule has 0 radical (unpaired) electrons. The van der Waals surface area contributed by atoms with Crippen LogP contribution < -0.4 is 0 Å². The molecule has 2 aromatic rings. The van der Waals surface area contributed by atoms with Gasteiger partial charge in [0.25, 0.3) is 0 Å². The normalized spacial score (nSPS) is 10.5. The SMILES string of the molecule is Cc1ccc(CC(=O)Cc2ccc(Cl)cc2)c(Cl)c1. The van der Waals surface area contributed by atoms with Gasteiger partial charge < -0.3 is 0 Å². The molecule has 0 aliphatic heterocycles. The summed E-state index contributed by atoms with van der Waals surface area (Å²) < 4.78 is 0. The number of aryl methyl sites for hydroxylation is 1. The third-order valence-electron chi connectivity index (χ3n) is 2.91. The molecule has 3 heteroatoms. The lowest BCUT2D eigenvalue weighted by atomic mass is 10.0. The highest BCUT2D eigenvalue weighted by molar-refractivity contribution is 6.31. The first-order valence-corrected chi connectivity index (χ1v) is 6.81. The van der Waals surface area contributed by atoms with Crippen molar-refractivity contribution in [2.45, 2.75) is 19.8 Å². The molecule has 2 rings (SSSR count). The number of Topliss-reactive ketones (excluding diaryl/α,β-unsaturated/α-hetero) is 1. The van der Waals surface area contributed by atoms with Crippen LogP contribution in [0.1, 0.15) is 16.7 Å². The van der Waals surface area contributed by atoms with E-state index in [1.165, 1.54) is 0 Å². The van der Waals surface area contributed by atoms with E-state index >= 15 is 0 Å². The average molecular weight is 293 g/mol. The standard InChI is InChI=1S/C16H14Cl2O/c1-11-2-5-13(16(18)8-11)10-15(19)9-12-3-6-14(17)7-4-12/h2-8H,9-10H2,1H3. The van der Waals surface area contributed by atoms with Crippen LogP contribution in [0.3, 0.4) is 0 Å². The van der Waals surface area contributed by atoms with E-state index in [1.54, 1.807) is 12.1 Å². The van der Waals surface area contributed by atoms with Gasteiger partial charge in [0.1, 0.15) is 5.78 Å². The molecule has 0 atom stereocenters. The minimum absolute atomic E-state index is 0.146. The van der Waals surface area contributed by atoms with E-state index in [1.807, 2.05) is 37.3 Å². The molecule has 1 nitrogen and oxygen atoms in total. The first-order valence-electron chi connectivity index (χ1n) is 6.06. The lowest BCUT2D eigenvalue weighted by Crippen LogP contribution is -2.07. The summed E-state index contributed by atoms with van der Waals surface area (Å²) >= 11 is 11.9. The van der Waals surface area contributed by atoms with E-state index in [0.29, 0.717) is 22.9 Å². The smallest absolute Gasteiger partial charge is 0.141 e. The molecule has 0 N–H and O–H groups in total. The van der Waals surface area contributed by atoms with Gasteiger partial charge in [-0.25, -0.2) is 0 Å². The number of carbonyl (C=O) groups excluding carboxylic acids is 1. The molecule has 0 unspecified atom stereocenters. The third-order valence-corrected chi connectivity index (χ3v) is 3.51. The number of hydrogen-bond donors (Lipinski definition) is 0. The Balaban J connectivity index is 2.03. The number of benzene rings is 2. The lowest BCUT2D eigenvalue weighted by molar-refractivity contribution is -0.117. The highest BCUT2D eigenvalue weighted by Crippen LogP contribution is 2.19. The second-order valence-electron chi connectivity index (χ2n) is 4.61. The van der Waals surface area contributed by atoms with E-state index in [-0.39, 0.29) is 5.78 Å². The van der Waals surface area contributed by atoms with Crippen LogP contribution in [-0.4, -0.2) is 5.78 Å². The van der Waals surface area contributed by atoms with Gasteiger partial charge in [-0.1, -0.05) is 47.5 Å². The summed E-state index contributed by atoms with van der Waals surface area (Å²) in [6.07, 6.45) is 0.767. The van der Waals surface area contributed by atoms with Gasteiger partial charge >= 0.3 is 0 Å². The highest BCUT2D eigenvalue weighted by atomic mass is 35.5. The molecule has 0 saturated carbocycles. The Morgan fingerprint density at radius 1 is 1.00 bits per heavy atom. The van der Waals surface area contributed by atoms with Gasteiger partial charge in [0.2, 0.25) is 0 Å². The molecule has 0 aromatic heterocycles. The van der Waals surface area contributed by atoms with Crippen LogP contribution in [0.2, 0.25) is 10.0 Å². The van der Waals surface area contributed by atoms with Crippen molar-refractivity contribution in [3.8, 4) is 0 Å². The van der Waals surface area contributed by atoms with Gasteiger partial charge in [-0.05, 0) is 41.8 Å². The van der Waals surface area contributed by atoms with Crippen LogP contribution in [0.5, 0.6) is 0 Å². The molecule has 2 aromatic carbocycles. The number of carbonyl (C=O) groups is 1. The molecule has 0 aliphatic carbocycles. The van der Waals surface area contributed by atoms with Crippen LogP contribution in [-0.2, 0) is 17.6 Å². The van der Waals surface area contributed by atoms with Crippen molar-refractivity contribution in [2.24, 2.45) is 0 Å². The highest BCUT2D eigenvalue weighted by Gasteiger charge is 2.08. The number of hydrogen-bond acceptors (Lipinski definition) is 1. The summed E-state index contributed by atoms with van der Waals surface area (Å²) in [5, 5.41) is 1.34. The number of ketones is 1. The summed E-state index contributed by atoms with van der Waals surface area (Å²) in [6, 6.07) is 13.1. The van der Waals surface area contributed by atoms with Crippen LogP contribution in [0.15, 0.2) is 42.5 Å². The predicted octanol–water partition coefficient (Wildman–Crippen LogP) is 4.66. The van der Waals surface area contributed by atoms with Crippen LogP contribution >= 0.6 is 23.2 Å². The molecule has 0 spiro atoms. The van der Waals surface area contributed by atoms with E-state index in [9.17, 15) is 4.79 Å². The topological polar surface area (TPSA) is 17.1 Å². The van der Waals surface area contributed by atoms with Gasteiger partial charge in [-0.2, -0.15) is 0 Å². The van der Waals surface area contributed by atoms with Crippen molar-refractivity contribution in [3.05, 3.63) is 69.2 Å². The summed E-state index contributed by atoms with van der Waals surface area (Å²) in [5.74, 6) is 0.146. The minimum Gasteiger partial charge on any atom is -0.299 e. The van der Waals surface area contributed by atoms with E-state index in [4.69, 9.17) is 23.2 Å². The quantitative estimate of drug-likeness (QED) is 0.801. The van der Waals surface area contributed by atoms with Crippen molar-refractivity contribution in [2.75, 3.05) is 0 Å². The third kappa shape index (κ3) is 4.09. The molecular weight excluding hydrogens is 279 g/mol. The Morgan fingerprint density at radius 3 is 2.32 bits per heavy atom. The fourth-order valence-corrected chi connectivity index (χ4v) is 2.33. The van der Waals surface area contributed by atoms with E-state index in [2.05, 4.69) is 0 Å². The van der Waals surface area contributed by atoms with Crippen molar-refractivity contribution in [3.63, 3.8) is 0 Å². The molecule has 19 heavy (non-hydrogen) atoms. The maximum Gasteiger partial charge on any atom is 0.141 e. The van der Waals surface area contributed by atoms with Crippen LogP contribution in [0, 0.1) is 6.92 Å². The second kappa shape index (κ2) is 6.23. The van der Waals surface area contributed by atoms with Crippen molar-refractivity contribution < 1.29 is 4.79 Å². The molecule has 0 fully saturated rings. The Labute approximate surface area is 123 Å². The summed E-state index contributed by atoms with van der Waals surface area (Å²) in [7, 11) is 0.